The molecule has 0 heterocycles. The molecular weight excluding hydrogens is 501 g/mol. The van der Waals surface area contributed by atoms with Crippen LogP contribution in [0.2, 0.25) is 0 Å². The predicted molar refractivity (Wildman–Crippen MR) is 94.6 cm³/mol. The molecule has 1 unspecified atom stereocenters. The molecule has 0 spiro atoms. The molecular formula is C20H16F13N. The van der Waals surface area contributed by atoms with Gasteiger partial charge in [0.25, 0.3) is 0 Å². The third kappa shape index (κ3) is 6.54. The molecule has 0 aliphatic rings. The molecule has 2 aromatic carbocycles. The molecule has 1 nitrogen and oxygen atoms in total. The smallest absolute Gasteiger partial charge is 0.250 e. The number of halogens is 13. The van der Waals surface area contributed by atoms with E-state index in [1.54, 1.807) is 6.92 Å². The SMILES string of the molecule is CCCC(C)CNC(F)(F)C(F)(F)F.Fc1ccc(-c2c(F)c(F)c(F)c(F)c2F)c(F)c1F. The second-order valence-corrected chi connectivity index (χ2v) is 7.01. The third-order valence-electron chi connectivity index (χ3n) is 4.32. The van der Waals surface area contributed by atoms with Gasteiger partial charge in [-0.05, 0) is 24.5 Å². The predicted octanol–water partition coefficient (Wildman–Crippen LogP) is 7.63. The molecule has 192 valence electrons. The Morgan fingerprint density at radius 2 is 1.18 bits per heavy atom. The van der Waals surface area contributed by atoms with Gasteiger partial charge in [0.05, 0.1) is 5.56 Å². The highest BCUT2D eigenvalue weighted by Crippen LogP contribution is 2.34. The Labute approximate surface area is 184 Å². The van der Waals surface area contributed by atoms with Crippen LogP contribution < -0.4 is 5.32 Å². The molecule has 0 aromatic heterocycles. The molecule has 1 atom stereocenters. The summed E-state index contributed by atoms with van der Waals surface area (Å²) in [4.78, 5) is 0. The minimum atomic E-state index is -5.51. The van der Waals surface area contributed by atoms with Gasteiger partial charge in [-0.15, -0.1) is 0 Å². The maximum absolute atomic E-state index is 13.4. The van der Waals surface area contributed by atoms with Gasteiger partial charge in [0.2, 0.25) is 5.82 Å². The molecule has 2 aromatic rings. The lowest BCUT2D eigenvalue weighted by atomic mass is 10.0. The van der Waals surface area contributed by atoms with E-state index in [4.69, 9.17) is 0 Å². The first-order chi connectivity index (χ1) is 15.5. The second-order valence-electron chi connectivity index (χ2n) is 7.01. The van der Waals surface area contributed by atoms with Crippen LogP contribution in [-0.2, 0) is 0 Å². The Hall–Kier alpha value is -2.51. The van der Waals surface area contributed by atoms with Crippen molar-refractivity contribution in [1.82, 2.24) is 5.32 Å². The van der Waals surface area contributed by atoms with Gasteiger partial charge in [-0.2, -0.15) is 22.0 Å². The average molecular weight is 517 g/mol. The van der Waals surface area contributed by atoms with Crippen LogP contribution in [0.4, 0.5) is 57.1 Å². The highest BCUT2D eigenvalue weighted by Gasteiger charge is 2.57. The lowest BCUT2D eigenvalue weighted by molar-refractivity contribution is -0.295. The van der Waals surface area contributed by atoms with E-state index >= 15 is 0 Å². The van der Waals surface area contributed by atoms with Crippen LogP contribution in [0.15, 0.2) is 12.1 Å². The van der Waals surface area contributed by atoms with E-state index in [-0.39, 0.29) is 12.5 Å². The van der Waals surface area contributed by atoms with Gasteiger partial charge < -0.3 is 0 Å². The van der Waals surface area contributed by atoms with E-state index in [0.717, 1.165) is 6.42 Å². The summed E-state index contributed by atoms with van der Waals surface area (Å²) < 4.78 is 164. The second kappa shape index (κ2) is 11.3. The summed E-state index contributed by atoms with van der Waals surface area (Å²) >= 11 is 0. The Bertz CT molecular complexity index is 972. The van der Waals surface area contributed by atoms with Gasteiger partial charge in [0, 0.05) is 12.1 Å². The molecule has 1 N–H and O–H groups in total. The fourth-order valence-corrected chi connectivity index (χ4v) is 2.56. The Morgan fingerprint density at radius 3 is 1.62 bits per heavy atom. The molecule has 0 saturated heterocycles. The summed E-state index contributed by atoms with van der Waals surface area (Å²) in [5, 5.41) is 1.23. The van der Waals surface area contributed by atoms with Crippen molar-refractivity contribution in [2.24, 2.45) is 5.92 Å². The minimum Gasteiger partial charge on any atom is -0.250 e. The standard InChI is InChI=1S/C12H2F8.C8H14F5N/c13-4-2-1-3(6(14)7(4)15)5-8(16)10(18)12(20)11(19)9(5)17;1-3-4-6(2)5-14-8(12,13)7(9,10)11/h1-2H;6,14H,3-5H2,1-2H3. The van der Waals surface area contributed by atoms with Crippen molar-refractivity contribution in [3.05, 3.63) is 58.7 Å². The van der Waals surface area contributed by atoms with Gasteiger partial charge in [0.1, 0.15) is 0 Å². The van der Waals surface area contributed by atoms with Crippen molar-refractivity contribution in [1.29, 1.82) is 0 Å². The lowest BCUT2D eigenvalue weighted by Crippen LogP contribution is -2.50. The fraction of sp³-hybridized carbons (Fsp3) is 0.400. The van der Waals surface area contributed by atoms with Crippen LogP contribution in [0, 0.1) is 52.5 Å². The molecule has 14 heteroatoms. The number of nitrogens with one attached hydrogen (secondary N) is 1. The molecule has 0 aliphatic heterocycles. The van der Waals surface area contributed by atoms with E-state index < -0.39 is 69.9 Å². The molecule has 0 bridgehead atoms. The first-order valence-electron chi connectivity index (χ1n) is 9.32. The van der Waals surface area contributed by atoms with Gasteiger partial charge >= 0.3 is 12.2 Å². The molecule has 2 rings (SSSR count). The van der Waals surface area contributed by atoms with Crippen molar-refractivity contribution in [3.8, 4) is 11.1 Å². The topological polar surface area (TPSA) is 12.0 Å². The van der Waals surface area contributed by atoms with Gasteiger partial charge in [0.15, 0.2) is 40.7 Å². The highest BCUT2D eigenvalue weighted by molar-refractivity contribution is 5.66. The summed E-state index contributed by atoms with van der Waals surface area (Å²) in [5.74, 6) is -17.8. The monoisotopic (exact) mass is 517 g/mol. The minimum absolute atomic E-state index is 0.187. The molecule has 0 radical (unpaired) electrons. The van der Waals surface area contributed by atoms with E-state index in [0.29, 0.717) is 18.6 Å². The van der Waals surface area contributed by atoms with E-state index in [2.05, 4.69) is 0 Å². The zero-order chi connectivity index (χ0) is 26.6. The number of alkyl halides is 5. The van der Waals surface area contributed by atoms with Crippen LogP contribution >= 0.6 is 0 Å². The molecule has 0 amide bonds. The quantitative estimate of drug-likeness (QED) is 0.180. The Morgan fingerprint density at radius 1 is 0.706 bits per heavy atom. The van der Waals surface area contributed by atoms with Crippen molar-refractivity contribution in [3.63, 3.8) is 0 Å². The molecule has 0 aliphatic carbocycles. The first kappa shape index (κ1) is 29.5. The number of rotatable bonds is 6. The normalized spacial score (nSPS) is 12.9. The van der Waals surface area contributed by atoms with Gasteiger partial charge in [-0.3, -0.25) is 0 Å². The summed E-state index contributed by atoms with van der Waals surface area (Å²) in [5.41, 5.74) is -2.95. The zero-order valence-electron chi connectivity index (χ0n) is 17.3. The maximum atomic E-state index is 13.4. The molecule has 34 heavy (non-hydrogen) atoms. The number of benzene rings is 2. The zero-order valence-corrected chi connectivity index (χ0v) is 17.3. The van der Waals surface area contributed by atoms with Crippen molar-refractivity contribution < 1.29 is 57.1 Å². The van der Waals surface area contributed by atoms with Crippen molar-refractivity contribution >= 4 is 0 Å². The third-order valence-corrected chi connectivity index (χ3v) is 4.32. The van der Waals surface area contributed by atoms with E-state index in [1.807, 2.05) is 6.92 Å². The highest BCUT2D eigenvalue weighted by atomic mass is 19.4. The Kier molecular flexibility index (Phi) is 9.79. The Balaban J connectivity index is 0.000000365. The van der Waals surface area contributed by atoms with Crippen LogP contribution in [0.5, 0.6) is 0 Å². The van der Waals surface area contributed by atoms with Crippen LogP contribution in [-0.4, -0.2) is 18.8 Å². The summed E-state index contributed by atoms with van der Waals surface area (Å²) in [6.07, 6.45) is -4.12. The van der Waals surface area contributed by atoms with Crippen molar-refractivity contribution in [2.45, 2.75) is 38.9 Å². The lowest BCUT2D eigenvalue weighted by Gasteiger charge is -2.22. The van der Waals surface area contributed by atoms with Crippen LogP contribution in [0.3, 0.4) is 0 Å². The molecule has 0 fully saturated rings. The van der Waals surface area contributed by atoms with E-state index in [9.17, 15) is 57.1 Å². The largest absolute Gasteiger partial charge is 0.469 e. The molecule has 0 saturated carbocycles. The first-order valence-corrected chi connectivity index (χ1v) is 9.32. The average Bonchev–Trinajstić information content (AvgIpc) is 2.75. The number of hydrogen-bond acceptors (Lipinski definition) is 1. The fourth-order valence-electron chi connectivity index (χ4n) is 2.56. The van der Waals surface area contributed by atoms with Crippen LogP contribution in [0.25, 0.3) is 11.1 Å². The van der Waals surface area contributed by atoms with Gasteiger partial charge in [-0.25, -0.2) is 40.4 Å². The van der Waals surface area contributed by atoms with Crippen molar-refractivity contribution in [2.75, 3.05) is 6.54 Å². The summed E-state index contributed by atoms with van der Waals surface area (Å²) in [6.45, 7) is 3.14. The van der Waals surface area contributed by atoms with Crippen LogP contribution in [0.1, 0.15) is 26.7 Å². The maximum Gasteiger partial charge on any atom is 0.469 e. The summed E-state index contributed by atoms with van der Waals surface area (Å²) in [6, 6.07) is -4.12. The summed E-state index contributed by atoms with van der Waals surface area (Å²) in [7, 11) is 0. The number of hydrogen-bond donors (Lipinski definition) is 1. The van der Waals surface area contributed by atoms with Gasteiger partial charge in [-0.1, -0.05) is 20.3 Å². The van der Waals surface area contributed by atoms with E-state index in [1.165, 1.54) is 5.32 Å².